The van der Waals surface area contributed by atoms with E-state index in [1.165, 1.54) is 6.07 Å². The van der Waals surface area contributed by atoms with Gasteiger partial charge in [-0.15, -0.1) is 0 Å². The summed E-state index contributed by atoms with van der Waals surface area (Å²) in [4.78, 5) is 9.75. The van der Waals surface area contributed by atoms with Crippen molar-refractivity contribution in [2.75, 3.05) is 6.61 Å². The van der Waals surface area contributed by atoms with Crippen LogP contribution in [0.25, 0.3) is 0 Å². The Morgan fingerprint density at radius 2 is 1.88 bits per heavy atom. The molecule has 0 saturated heterocycles. The van der Waals surface area contributed by atoms with Crippen LogP contribution in [-0.4, -0.2) is 17.4 Å². The molecule has 1 rings (SSSR count). The highest BCUT2D eigenvalue weighted by Crippen LogP contribution is 2.35. The topological polar surface area (TPSA) is 26.3 Å². The normalized spacial score (nSPS) is 14.2. The van der Waals surface area contributed by atoms with Crippen molar-refractivity contribution in [1.82, 2.24) is 0 Å². The van der Waals surface area contributed by atoms with Gasteiger partial charge >= 0.3 is 5.97 Å². The molecule has 94 valence electrons. The lowest BCUT2D eigenvalue weighted by Gasteiger charge is -2.16. The van der Waals surface area contributed by atoms with Gasteiger partial charge in [0.25, 0.3) is 0 Å². The lowest BCUT2D eigenvalue weighted by Crippen LogP contribution is -2.23. The SMILES string of the molecule is CCOC(=O)C(Br)C(Br)c1c(F)cccc1F. The van der Waals surface area contributed by atoms with Gasteiger partial charge in [0.05, 0.1) is 11.4 Å². The monoisotopic (exact) mass is 370 g/mol. The number of carbonyl (C=O) groups is 1. The van der Waals surface area contributed by atoms with Crippen LogP contribution in [0.2, 0.25) is 0 Å². The minimum Gasteiger partial charge on any atom is -0.465 e. The van der Waals surface area contributed by atoms with E-state index in [1.807, 2.05) is 0 Å². The largest absolute Gasteiger partial charge is 0.465 e. The lowest BCUT2D eigenvalue weighted by atomic mass is 10.1. The molecular weight excluding hydrogens is 362 g/mol. The quantitative estimate of drug-likeness (QED) is 0.595. The molecular formula is C11H10Br2F2O2. The van der Waals surface area contributed by atoms with Crippen molar-refractivity contribution in [1.29, 1.82) is 0 Å². The van der Waals surface area contributed by atoms with Gasteiger partial charge in [-0.05, 0) is 19.1 Å². The van der Waals surface area contributed by atoms with Crippen LogP contribution >= 0.6 is 31.9 Å². The van der Waals surface area contributed by atoms with E-state index in [1.54, 1.807) is 6.92 Å². The standard InChI is InChI=1S/C11H10Br2F2O2/c1-2-17-11(16)10(13)9(12)8-6(14)4-3-5-7(8)15/h3-5,9-10H,2H2,1H3. The molecule has 1 aromatic carbocycles. The zero-order chi connectivity index (χ0) is 13.0. The molecule has 0 spiro atoms. The van der Waals surface area contributed by atoms with Gasteiger partial charge in [-0.2, -0.15) is 0 Å². The fourth-order valence-corrected chi connectivity index (χ4v) is 2.31. The maximum absolute atomic E-state index is 13.5. The number of esters is 1. The van der Waals surface area contributed by atoms with Crippen molar-refractivity contribution in [2.45, 2.75) is 16.6 Å². The van der Waals surface area contributed by atoms with Crippen LogP contribution in [0.1, 0.15) is 17.3 Å². The van der Waals surface area contributed by atoms with Gasteiger partial charge in [0.1, 0.15) is 16.5 Å². The first-order valence-electron chi connectivity index (χ1n) is 4.87. The number of benzene rings is 1. The number of carbonyl (C=O) groups excluding carboxylic acids is 1. The Morgan fingerprint density at radius 3 is 2.35 bits per heavy atom. The van der Waals surface area contributed by atoms with E-state index in [9.17, 15) is 13.6 Å². The van der Waals surface area contributed by atoms with E-state index < -0.39 is 27.3 Å². The zero-order valence-electron chi connectivity index (χ0n) is 8.92. The van der Waals surface area contributed by atoms with Gasteiger partial charge < -0.3 is 4.74 Å². The second kappa shape index (κ2) is 6.44. The minimum absolute atomic E-state index is 0.192. The molecule has 0 aliphatic heterocycles. The molecule has 6 heteroatoms. The summed E-state index contributed by atoms with van der Waals surface area (Å²) in [5.41, 5.74) is -0.192. The van der Waals surface area contributed by atoms with Crippen LogP contribution in [0.15, 0.2) is 18.2 Å². The van der Waals surface area contributed by atoms with E-state index in [2.05, 4.69) is 31.9 Å². The summed E-state index contributed by atoms with van der Waals surface area (Å²) in [5, 5.41) is 0. The van der Waals surface area contributed by atoms with Crippen molar-refractivity contribution in [3.05, 3.63) is 35.4 Å². The summed E-state index contributed by atoms with van der Waals surface area (Å²) >= 11 is 6.16. The molecule has 2 atom stereocenters. The van der Waals surface area contributed by atoms with Crippen molar-refractivity contribution >= 4 is 37.8 Å². The molecule has 1 aromatic rings. The molecule has 0 amide bonds. The van der Waals surface area contributed by atoms with Crippen LogP contribution < -0.4 is 0 Å². The van der Waals surface area contributed by atoms with Crippen molar-refractivity contribution in [3.63, 3.8) is 0 Å². The number of halogens is 4. The summed E-state index contributed by atoms with van der Waals surface area (Å²) in [6.07, 6.45) is 0. The summed E-state index contributed by atoms with van der Waals surface area (Å²) in [6.45, 7) is 1.87. The molecule has 2 nitrogen and oxygen atoms in total. The fourth-order valence-electron chi connectivity index (χ4n) is 1.26. The average Bonchev–Trinajstić information content (AvgIpc) is 2.27. The Bertz CT molecular complexity index is 392. The molecule has 0 saturated carbocycles. The van der Waals surface area contributed by atoms with E-state index >= 15 is 0 Å². The van der Waals surface area contributed by atoms with Gasteiger partial charge in [0, 0.05) is 5.56 Å². The Labute approximate surface area is 115 Å². The first-order valence-corrected chi connectivity index (χ1v) is 6.70. The number of alkyl halides is 2. The smallest absolute Gasteiger partial charge is 0.321 e. The Kier molecular flexibility index (Phi) is 5.52. The maximum atomic E-state index is 13.5. The minimum atomic E-state index is -0.853. The molecule has 0 fully saturated rings. The van der Waals surface area contributed by atoms with Gasteiger partial charge in [-0.3, -0.25) is 4.79 Å². The average molecular weight is 372 g/mol. The third kappa shape index (κ3) is 3.48. The molecule has 0 radical (unpaired) electrons. The van der Waals surface area contributed by atoms with Crippen LogP contribution in [0, 0.1) is 11.6 Å². The van der Waals surface area contributed by atoms with Crippen molar-refractivity contribution in [2.24, 2.45) is 0 Å². The number of hydrogen-bond donors (Lipinski definition) is 0. The van der Waals surface area contributed by atoms with Crippen molar-refractivity contribution < 1.29 is 18.3 Å². The van der Waals surface area contributed by atoms with E-state index in [0.717, 1.165) is 12.1 Å². The van der Waals surface area contributed by atoms with Gasteiger partial charge in [-0.25, -0.2) is 8.78 Å². The predicted octanol–water partition coefficient (Wildman–Crippen LogP) is 3.73. The Balaban J connectivity index is 2.96. The van der Waals surface area contributed by atoms with Gasteiger partial charge in [0.15, 0.2) is 0 Å². The van der Waals surface area contributed by atoms with E-state index in [4.69, 9.17) is 4.74 Å². The van der Waals surface area contributed by atoms with E-state index in [-0.39, 0.29) is 12.2 Å². The van der Waals surface area contributed by atoms with Gasteiger partial charge in [0.2, 0.25) is 0 Å². The molecule has 0 aliphatic rings. The van der Waals surface area contributed by atoms with E-state index in [0.29, 0.717) is 0 Å². The molecule has 0 heterocycles. The second-order valence-electron chi connectivity index (χ2n) is 3.19. The van der Waals surface area contributed by atoms with Crippen LogP contribution in [0.4, 0.5) is 8.78 Å². The number of hydrogen-bond acceptors (Lipinski definition) is 2. The number of ether oxygens (including phenoxy) is 1. The summed E-state index contributed by atoms with van der Waals surface area (Å²) in [7, 11) is 0. The molecule has 17 heavy (non-hydrogen) atoms. The summed E-state index contributed by atoms with van der Waals surface area (Å²) in [6, 6.07) is 3.54. The van der Waals surface area contributed by atoms with Crippen molar-refractivity contribution in [3.8, 4) is 0 Å². The lowest BCUT2D eigenvalue weighted by molar-refractivity contribution is -0.142. The third-order valence-electron chi connectivity index (χ3n) is 2.04. The van der Waals surface area contributed by atoms with Crippen LogP contribution in [0.3, 0.4) is 0 Å². The highest BCUT2D eigenvalue weighted by Gasteiger charge is 2.30. The molecule has 2 unspecified atom stereocenters. The Hall–Kier alpha value is -0.490. The summed E-state index contributed by atoms with van der Waals surface area (Å²) in [5.74, 6) is -1.99. The zero-order valence-corrected chi connectivity index (χ0v) is 12.1. The first kappa shape index (κ1) is 14.6. The third-order valence-corrected chi connectivity index (χ3v) is 4.64. The van der Waals surface area contributed by atoms with Crippen LogP contribution in [0.5, 0.6) is 0 Å². The second-order valence-corrected chi connectivity index (χ2v) is 5.16. The highest BCUT2D eigenvalue weighted by molar-refractivity contribution is 9.12. The van der Waals surface area contributed by atoms with Crippen LogP contribution in [-0.2, 0) is 9.53 Å². The molecule has 0 aromatic heterocycles. The number of rotatable bonds is 4. The highest BCUT2D eigenvalue weighted by atomic mass is 79.9. The fraction of sp³-hybridized carbons (Fsp3) is 0.364. The maximum Gasteiger partial charge on any atom is 0.321 e. The first-order chi connectivity index (χ1) is 7.99. The summed E-state index contributed by atoms with van der Waals surface area (Å²) < 4.78 is 31.7. The molecule has 0 bridgehead atoms. The molecule has 0 N–H and O–H groups in total. The Morgan fingerprint density at radius 1 is 1.35 bits per heavy atom. The molecule has 0 aliphatic carbocycles. The predicted molar refractivity (Wildman–Crippen MR) is 67.4 cm³/mol. The van der Waals surface area contributed by atoms with Gasteiger partial charge in [-0.1, -0.05) is 37.9 Å².